The van der Waals surface area contributed by atoms with Gasteiger partial charge in [0, 0.05) is 58.4 Å². The van der Waals surface area contributed by atoms with Crippen LogP contribution in [0.4, 0.5) is 0 Å². The summed E-state index contributed by atoms with van der Waals surface area (Å²) in [7, 11) is 0. The highest BCUT2D eigenvalue weighted by molar-refractivity contribution is 5.95. The van der Waals surface area contributed by atoms with Crippen molar-refractivity contribution in [3.8, 4) is 5.69 Å². The monoisotopic (exact) mass is 450 g/mol. The molecule has 8 heteroatoms. The first-order chi connectivity index (χ1) is 16.1. The van der Waals surface area contributed by atoms with Crippen molar-refractivity contribution in [2.24, 2.45) is 0 Å². The third-order valence-corrected chi connectivity index (χ3v) is 7.52. The van der Waals surface area contributed by atoms with Crippen LogP contribution in [-0.4, -0.2) is 106 Å². The van der Waals surface area contributed by atoms with E-state index in [9.17, 15) is 9.59 Å². The number of amides is 2. The van der Waals surface area contributed by atoms with Crippen molar-refractivity contribution in [2.45, 2.75) is 32.2 Å². The highest BCUT2D eigenvalue weighted by Gasteiger charge is 2.31. The zero-order chi connectivity index (χ0) is 22.8. The van der Waals surface area contributed by atoms with Gasteiger partial charge in [-0.2, -0.15) is 5.10 Å². The standard InChI is InChI=1S/C25H34N6O2/c1-20-23(18-26-31(20)22-6-3-2-4-7-22)25(33)30-12-10-27(11-13-30)19-24(32)29-16-14-28(15-17-29)21-8-5-9-21/h2-4,6-7,18,21H,5,8-17,19H2,1H3. The summed E-state index contributed by atoms with van der Waals surface area (Å²) >= 11 is 0. The van der Waals surface area contributed by atoms with E-state index in [4.69, 9.17) is 0 Å². The number of carbonyl (C=O) groups excluding carboxylic acids is 2. The number of hydrogen-bond donors (Lipinski definition) is 0. The van der Waals surface area contributed by atoms with Gasteiger partial charge in [0.05, 0.1) is 29.7 Å². The highest BCUT2D eigenvalue weighted by Crippen LogP contribution is 2.25. The van der Waals surface area contributed by atoms with Crippen LogP contribution < -0.4 is 0 Å². The van der Waals surface area contributed by atoms with E-state index < -0.39 is 0 Å². The van der Waals surface area contributed by atoms with Crippen LogP contribution in [0.2, 0.25) is 0 Å². The van der Waals surface area contributed by atoms with Crippen molar-refractivity contribution in [3.63, 3.8) is 0 Å². The molecule has 0 spiro atoms. The van der Waals surface area contributed by atoms with E-state index >= 15 is 0 Å². The third kappa shape index (κ3) is 4.68. The first-order valence-corrected chi connectivity index (χ1v) is 12.2. The van der Waals surface area contributed by atoms with Crippen LogP contribution in [0.1, 0.15) is 35.3 Å². The maximum atomic E-state index is 13.1. The van der Waals surface area contributed by atoms with E-state index in [1.54, 1.807) is 6.20 Å². The molecule has 1 aliphatic carbocycles. The normalized spacial score (nSPS) is 20.6. The zero-order valence-corrected chi connectivity index (χ0v) is 19.5. The van der Waals surface area contributed by atoms with Gasteiger partial charge < -0.3 is 9.80 Å². The Morgan fingerprint density at radius 2 is 1.58 bits per heavy atom. The molecule has 3 heterocycles. The number of para-hydroxylation sites is 1. The molecule has 2 aliphatic heterocycles. The van der Waals surface area contributed by atoms with Crippen LogP contribution >= 0.6 is 0 Å². The van der Waals surface area contributed by atoms with Crippen LogP contribution in [-0.2, 0) is 4.79 Å². The lowest BCUT2D eigenvalue weighted by Crippen LogP contribution is -2.56. The molecule has 0 bridgehead atoms. The van der Waals surface area contributed by atoms with Gasteiger partial charge in [-0.1, -0.05) is 24.6 Å². The minimum atomic E-state index is 0.0211. The van der Waals surface area contributed by atoms with Crippen molar-refractivity contribution in [2.75, 3.05) is 58.9 Å². The van der Waals surface area contributed by atoms with Gasteiger partial charge in [0.25, 0.3) is 5.91 Å². The number of hydrogen-bond acceptors (Lipinski definition) is 5. The van der Waals surface area contributed by atoms with Gasteiger partial charge in [-0.15, -0.1) is 0 Å². The second-order valence-electron chi connectivity index (χ2n) is 9.46. The number of carbonyl (C=O) groups is 2. The van der Waals surface area contributed by atoms with Crippen molar-refractivity contribution < 1.29 is 9.59 Å². The summed E-state index contributed by atoms with van der Waals surface area (Å²) in [6.45, 7) is 8.83. The molecule has 2 amide bonds. The molecule has 0 atom stereocenters. The predicted molar refractivity (Wildman–Crippen MR) is 126 cm³/mol. The zero-order valence-electron chi connectivity index (χ0n) is 19.5. The molecule has 2 aromatic rings. The van der Waals surface area contributed by atoms with Crippen LogP contribution in [0.5, 0.6) is 0 Å². The Hall–Kier alpha value is -2.71. The van der Waals surface area contributed by atoms with Gasteiger partial charge in [0.1, 0.15) is 0 Å². The molecule has 8 nitrogen and oxygen atoms in total. The summed E-state index contributed by atoms with van der Waals surface area (Å²) in [6.07, 6.45) is 5.67. The van der Waals surface area contributed by atoms with Crippen LogP contribution in [0.3, 0.4) is 0 Å². The first-order valence-electron chi connectivity index (χ1n) is 12.2. The maximum absolute atomic E-state index is 13.1. The van der Waals surface area contributed by atoms with Gasteiger partial charge in [-0.3, -0.25) is 19.4 Å². The Kier molecular flexibility index (Phi) is 6.46. The highest BCUT2D eigenvalue weighted by atomic mass is 16.2. The molecule has 0 unspecified atom stereocenters. The molecule has 5 rings (SSSR count). The van der Waals surface area contributed by atoms with Gasteiger partial charge in [0.15, 0.2) is 0 Å². The summed E-state index contributed by atoms with van der Waals surface area (Å²) in [5.41, 5.74) is 2.45. The number of rotatable bonds is 5. The summed E-state index contributed by atoms with van der Waals surface area (Å²) in [6, 6.07) is 10.6. The van der Waals surface area contributed by atoms with Crippen LogP contribution in [0, 0.1) is 6.92 Å². The SMILES string of the molecule is Cc1c(C(=O)N2CCN(CC(=O)N3CCN(C4CCC4)CC3)CC2)cnn1-c1ccccc1. The number of piperazine rings is 2. The summed E-state index contributed by atoms with van der Waals surface area (Å²) in [4.78, 5) is 34.6. The molecule has 1 aromatic carbocycles. The van der Waals surface area contributed by atoms with Gasteiger partial charge in [-0.05, 0) is 31.9 Å². The van der Waals surface area contributed by atoms with Gasteiger partial charge >= 0.3 is 0 Å². The molecule has 3 aliphatic rings. The molecular formula is C25H34N6O2. The van der Waals surface area contributed by atoms with Crippen molar-refractivity contribution in [1.29, 1.82) is 0 Å². The second-order valence-corrected chi connectivity index (χ2v) is 9.46. The lowest BCUT2D eigenvalue weighted by atomic mass is 9.91. The lowest BCUT2D eigenvalue weighted by Gasteiger charge is -2.43. The molecule has 33 heavy (non-hydrogen) atoms. The van der Waals surface area contributed by atoms with Gasteiger partial charge in [-0.25, -0.2) is 4.68 Å². The van der Waals surface area contributed by atoms with E-state index in [1.165, 1.54) is 19.3 Å². The minimum absolute atomic E-state index is 0.0211. The predicted octanol–water partition coefficient (Wildman–Crippen LogP) is 1.64. The van der Waals surface area contributed by atoms with E-state index in [-0.39, 0.29) is 11.8 Å². The quantitative estimate of drug-likeness (QED) is 0.693. The van der Waals surface area contributed by atoms with Gasteiger partial charge in [0.2, 0.25) is 5.91 Å². The number of benzene rings is 1. The molecule has 2 saturated heterocycles. The second kappa shape index (κ2) is 9.65. The van der Waals surface area contributed by atoms with Crippen LogP contribution in [0.15, 0.2) is 36.5 Å². The van der Waals surface area contributed by atoms with E-state index in [2.05, 4.69) is 14.9 Å². The molecule has 3 fully saturated rings. The summed E-state index contributed by atoms with van der Waals surface area (Å²) in [5, 5.41) is 4.44. The number of nitrogens with zero attached hydrogens (tertiary/aromatic N) is 6. The average molecular weight is 451 g/mol. The largest absolute Gasteiger partial charge is 0.339 e. The Morgan fingerprint density at radius 3 is 2.21 bits per heavy atom. The van der Waals surface area contributed by atoms with E-state index in [1.807, 2.05) is 51.7 Å². The Bertz CT molecular complexity index is 970. The van der Waals surface area contributed by atoms with Crippen molar-refractivity contribution in [1.82, 2.24) is 29.4 Å². The lowest BCUT2D eigenvalue weighted by molar-refractivity contribution is -0.135. The maximum Gasteiger partial charge on any atom is 0.257 e. The van der Waals surface area contributed by atoms with Crippen molar-refractivity contribution in [3.05, 3.63) is 47.8 Å². The minimum Gasteiger partial charge on any atom is -0.339 e. The molecular weight excluding hydrogens is 416 g/mol. The Morgan fingerprint density at radius 1 is 0.909 bits per heavy atom. The third-order valence-electron chi connectivity index (χ3n) is 7.52. The fraction of sp³-hybridized carbons (Fsp3) is 0.560. The Labute approximate surface area is 195 Å². The smallest absolute Gasteiger partial charge is 0.257 e. The average Bonchev–Trinajstić information content (AvgIpc) is 3.20. The molecule has 0 radical (unpaired) electrons. The summed E-state index contributed by atoms with van der Waals surface area (Å²) in [5.74, 6) is 0.246. The molecule has 1 saturated carbocycles. The summed E-state index contributed by atoms with van der Waals surface area (Å²) < 4.78 is 1.81. The van der Waals surface area contributed by atoms with E-state index in [0.29, 0.717) is 25.2 Å². The van der Waals surface area contributed by atoms with Crippen LogP contribution in [0.25, 0.3) is 5.69 Å². The molecule has 0 N–H and O–H groups in total. The number of aromatic nitrogens is 2. The molecule has 176 valence electrons. The fourth-order valence-corrected chi connectivity index (χ4v) is 5.11. The topological polar surface area (TPSA) is 64.9 Å². The van der Waals surface area contributed by atoms with Crippen molar-refractivity contribution >= 4 is 11.8 Å². The fourth-order valence-electron chi connectivity index (χ4n) is 5.11. The first kappa shape index (κ1) is 22.1. The van der Waals surface area contributed by atoms with E-state index in [0.717, 1.165) is 56.7 Å². The Balaban J connectivity index is 1.10. The molecule has 1 aromatic heterocycles.